The summed E-state index contributed by atoms with van der Waals surface area (Å²) in [6.07, 6.45) is 3.60. The predicted molar refractivity (Wildman–Crippen MR) is 89.6 cm³/mol. The van der Waals surface area contributed by atoms with Crippen molar-refractivity contribution < 1.29 is 9.53 Å². The van der Waals surface area contributed by atoms with E-state index >= 15 is 0 Å². The average molecular weight is 346 g/mol. The van der Waals surface area contributed by atoms with E-state index in [4.69, 9.17) is 4.74 Å². The molecular weight excluding hydrogens is 330 g/mol. The highest BCUT2D eigenvalue weighted by Gasteiger charge is 2.09. The lowest BCUT2D eigenvalue weighted by molar-refractivity contribution is 0.0601. The maximum atomic E-state index is 11.6. The summed E-state index contributed by atoms with van der Waals surface area (Å²) >= 11 is 3.55. The second kappa shape index (κ2) is 6.68. The number of esters is 1. The zero-order chi connectivity index (χ0) is 15.4. The fourth-order valence-corrected chi connectivity index (χ4v) is 2.80. The summed E-state index contributed by atoms with van der Waals surface area (Å²) in [5.41, 5.74) is 0.546. The van der Waals surface area contributed by atoms with Crippen LogP contribution in [0, 0.1) is 0 Å². The van der Waals surface area contributed by atoms with Crippen molar-refractivity contribution in [2.24, 2.45) is 0 Å². The monoisotopic (exact) mass is 345 g/mol. The molecule has 0 unspecified atom stereocenters. The standard InChI is InChI=1S/C15H10BrNO2.C2H6/c1-19-15(18)9-2-3-11-10(6-9)7-14(16)12-4-5-17-8-13(11)12;1-2/h2-8H,1H3;1-2H3. The van der Waals surface area contributed by atoms with Crippen molar-refractivity contribution in [3.8, 4) is 0 Å². The Kier molecular flexibility index (Phi) is 4.91. The SMILES string of the molecule is CC.COC(=O)c1ccc2c(c1)cc(Br)c1ccncc12. The Morgan fingerprint density at radius 2 is 1.86 bits per heavy atom. The molecular formula is C17H16BrNO2. The number of aromatic nitrogens is 1. The second-order valence-electron chi connectivity index (χ2n) is 4.21. The molecule has 0 radical (unpaired) electrons. The van der Waals surface area contributed by atoms with Gasteiger partial charge >= 0.3 is 5.97 Å². The van der Waals surface area contributed by atoms with E-state index in [1.807, 2.05) is 44.3 Å². The number of nitrogens with zero attached hydrogens (tertiary/aromatic N) is 1. The summed E-state index contributed by atoms with van der Waals surface area (Å²) in [7, 11) is 1.38. The van der Waals surface area contributed by atoms with Crippen molar-refractivity contribution in [1.29, 1.82) is 0 Å². The summed E-state index contributed by atoms with van der Waals surface area (Å²) in [5, 5.41) is 4.21. The number of rotatable bonds is 1. The average Bonchev–Trinajstić information content (AvgIpc) is 2.55. The maximum Gasteiger partial charge on any atom is 0.337 e. The van der Waals surface area contributed by atoms with Crippen LogP contribution in [-0.4, -0.2) is 18.1 Å². The van der Waals surface area contributed by atoms with E-state index in [-0.39, 0.29) is 5.97 Å². The van der Waals surface area contributed by atoms with Crippen molar-refractivity contribution >= 4 is 43.4 Å². The molecule has 0 amide bonds. The molecule has 0 saturated heterocycles. The van der Waals surface area contributed by atoms with Gasteiger partial charge in [-0.05, 0) is 40.4 Å². The molecule has 1 heterocycles. The molecule has 0 atom stereocenters. The highest BCUT2D eigenvalue weighted by atomic mass is 79.9. The van der Waals surface area contributed by atoms with Gasteiger partial charge in [-0.25, -0.2) is 4.79 Å². The van der Waals surface area contributed by atoms with Crippen LogP contribution in [0.1, 0.15) is 24.2 Å². The predicted octanol–water partition coefficient (Wildman–Crippen LogP) is 4.96. The van der Waals surface area contributed by atoms with Crippen molar-refractivity contribution in [3.05, 3.63) is 52.8 Å². The molecule has 0 spiro atoms. The lowest BCUT2D eigenvalue weighted by Gasteiger charge is -2.07. The van der Waals surface area contributed by atoms with E-state index in [9.17, 15) is 4.79 Å². The van der Waals surface area contributed by atoms with Crippen molar-refractivity contribution in [2.45, 2.75) is 13.8 Å². The molecule has 2 aromatic carbocycles. The van der Waals surface area contributed by atoms with E-state index in [0.717, 1.165) is 26.0 Å². The number of hydrogen-bond donors (Lipinski definition) is 0. The first-order chi connectivity index (χ1) is 10.2. The Morgan fingerprint density at radius 3 is 2.57 bits per heavy atom. The molecule has 21 heavy (non-hydrogen) atoms. The molecule has 0 bridgehead atoms. The van der Waals surface area contributed by atoms with Crippen LogP contribution < -0.4 is 0 Å². The molecule has 0 N–H and O–H groups in total. The number of benzene rings is 2. The lowest BCUT2D eigenvalue weighted by Crippen LogP contribution is -2.00. The molecule has 108 valence electrons. The van der Waals surface area contributed by atoms with Crippen molar-refractivity contribution in [2.75, 3.05) is 7.11 Å². The molecule has 3 aromatic rings. The van der Waals surface area contributed by atoms with Gasteiger partial charge < -0.3 is 4.74 Å². The van der Waals surface area contributed by atoms with E-state index in [2.05, 4.69) is 20.9 Å². The van der Waals surface area contributed by atoms with Crippen LogP contribution in [0.2, 0.25) is 0 Å². The Labute approximate surface area is 132 Å². The number of methoxy groups -OCH3 is 1. The molecule has 3 rings (SSSR count). The fraction of sp³-hybridized carbons (Fsp3) is 0.176. The van der Waals surface area contributed by atoms with Gasteiger partial charge in [-0.15, -0.1) is 0 Å². The highest BCUT2D eigenvalue weighted by molar-refractivity contribution is 9.10. The first-order valence-electron chi connectivity index (χ1n) is 6.75. The van der Waals surface area contributed by atoms with E-state index < -0.39 is 0 Å². The number of carbonyl (C=O) groups is 1. The van der Waals surface area contributed by atoms with Gasteiger partial charge in [-0.3, -0.25) is 4.98 Å². The van der Waals surface area contributed by atoms with Gasteiger partial charge in [-0.1, -0.05) is 35.8 Å². The Morgan fingerprint density at radius 1 is 1.10 bits per heavy atom. The molecule has 0 aliphatic rings. The number of pyridine rings is 1. The van der Waals surface area contributed by atoms with Crippen molar-refractivity contribution in [1.82, 2.24) is 4.98 Å². The van der Waals surface area contributed by atoms with Crippen LogP contribution in [0.15, 0.2) is 47.2 Å². The van der Waals surface area contributed by atoms with Crippen LogP contribution in [0.5, 0.6) is 0 Å². The summed E-state index contributed by atoms with van der Waals surface area (Å²) in [5.74, 6) is -0.329. The van der Waals surface area contributed by atoms with Gasteiger partial charge in [-0.2, -0.15) is 0 Å². The van der Waals surface area contributed by atoms with Crippen LogP contribution in [0.4, 0.5) is 0 Å². The van der Waals surface area contributed by atoms with Crippen LogP contribution in [-0.2, 0) is 4.74 Å². The molecule has 3 nitrogen and oxygen atoms in total. The van der Waals surface area contributed by atoms with Crippen LogP contribution in [0.25, 0.3) is 21.5 Å². The lowest BCUT2D eigenvalue weighted by atomic mass is 10.0. The van der Waals surface area contributed by atoms with E-state index in [1.54, 1.807) is 12.3 Å². The Bertz CT molecular complexity index is 799. The second-order valence-corrected chi connectivity index (χ2v) is 5.06. The molecule has 0 aliphatic heterocycles. The highest BCUT2D eigenvalue weighted by Crippen LogP contribution is 2.31. The number of carbonyl (C=O) groups excluding carboxylic acids is 1. The maximum absolute atomic E-state index is 11.6. The zero-order valence-electron chi connectivity index (χ0n) is 12.2. The van der Waals surface area contributed by atoms with Gasteiger partial charge in [0, 0.05) is 22.3 Å². The molecule has 1 aromatic heterocycles. The minimum Gasteiger partial charge on any atom is -0.465 e. The van der Waals surface area contributed by atoms with E-state index in [1.165, 1.54) is 7.11 Å². The first-order valence-corrected chi connectivity index (χ1v) is 7.54. The third-order valence-corrected chi connectivity index (χ3v) is 3.78. The molecule has 4 heteroatoms. The number of fused-ring (bicyclic) bond motifs is 3. The largest absolute Gasteiger partial charge is 0.465 e. The summed E-state index contributed by atoms with van der Waals surface area (Å²) in [6.45, 7) is 4.00. The number of halogens is 1. The van der Waals surface area contributed by atoms with E-state index in [0.29, 0.717) is 5.56 Å². The summed E-state index contributed by atoms with van der Waals surface area (Å²) in [6, 6.07) is 9.50. The number of ether oxygens (including phenoxy) is 1. The van der Waals surface area contributed by atoms with Gasteiger partial charge in [0.1, 0.15) is 0 Å². The quantitative estimate of drug-likeness (QED) is 0.462. The zero-order valence-corrected chi connectivity index (χ0v) is 13.8. The Hall–Kier alpha value is -1.94. The molecule has 0 aliphatic carbocycles. The smallest absolute Gasteiger partial charge is 0.337 e. The normalized spacial score (nSPS) is 10.1. The Balaban J connectivity index is 0.000000774. The van der Waals surface area contributed by atoms with Gasteiger partial charge in [0.15, 0.2) is 0 Å². The molecule has 0 fully saturated rings. The van der Waals surface area contributed by atoms with Crippen LogP contribution in [0.3, 0.4) is 0 Å². The van der Waals surface area contributed by atoms with Gasteiger partial charge in [0.25, 0.3) is 0 Å². The topological polar surface area (TPSA) is 39.2 Å². The summed E-state index contributed by atoms with van der Waals surface area (Å²) < 4.78 is 5.73. The minimum absolute atomic E-state index is 0.329. The van der Waals surface area contributed by atoms with Gasteiger partial charge in [0.2, 0.25) is 0 Å². The summed E-state index contributed by atoms with van der Waals surface area (Å²) in [4.78, 5) is 15.7. The first kappa shape index (κ1) is 15.4. The van der Waals surface area contributed by atoms with Gasteiger partial charge in [0.05, 0.1) is 12.7 Å². The van der Waals surface area contributed by atoms with Crippen molar-refractivity contribution in [3.63, 3.8) is 0 Å². The third kappa shape index (κ3) is 2.90. The third-order valence-electron chi connectivity index (χ3n) is 3.12. The fourth-order valence-electron chi connectivity index (χ4n) is 2.20. The molecule has 0 saturated carbocycles. The minimum atomic E-state index is -0.329. The van der Waals surface area contributed by atoms with Crippen LogP contribution >= 0.6 is 15.9 Å². The number of hydrogen-bond acceptors (Lipinski definition) is 3.